The Balaban J connectivity index is 1.62. The van der Waals surface area contributed by atoms with Crippen molar-refractivity contribution in [2.75, 3.05) is 26.8 Å². The molecule has 1 fully saturated rings. The molecule has 4 rings (SSSR count). The lowest BCUT2D eigenvalue weighted by molar-refractivity contribution is 0.121. The summed E-state index contributed by atoms with van der Waals surface area (Å²) in [5.41, 5.74) is 2.95. The first-order valence-electron chi connectivity index (χ1n) is 10.2. The second-order valence-corrected chi connectivity index (χ2v) is 7.97. The zero-order valence-corrected chi connectivity index (χ0v) is 18.4. The predicted molar refractivity (Wildman–Crippen MR) is 118 cm³/mol. The number of carbonyl (C=O) groups is 1. The number of methoxy groups -OCH3 is 1. The van der Waals surface area contributed by atoms with Crippen LogP contribution in [0.4, 0.5) is 4.79 Å². The van der Waals surface area contributed by atoms with Crippen LogP contribution >= 0.6 is 12.2 Å². The standard InChI is InChI=1S/C21H27N5O3S/c1-4-29-20(27)22-15-6-5-9-24(12-15)13-25-21(30)26-18-11-16(28-3)7-8-17(18)14(2)10-19(26)23-25/h7-8,10-11,15H,4-6,9,12-13H2,1-3H3,(H,22,27). The number of nitrogens with zero attached hydrogens (tertiary/aromatic N) is 4. The van der Waals surface area contributed by atoms with Gasteiger partial charge in [0.05, 0.1) is 25.9 Å². The van der Waals surface area contributed by atoms with Gasteiger partial charge < -0.3 is 14.8 Å². The van der Waals surface area contributed by atoms with Crippen LogP contribution in [0.2, 0.25) is 0 Å². The first-order chi connectivity index (χ1) is 14.5. The number of nitrogens with one attached hydrogen (secondary N) is 1. The predicted octanol–water partition coefficient (Wildman–Crippen LogP) is 3.50. The molecule has 3 heterocycles. The highest BCUT2D eigenvalue weighted by atomic mass is 32.1. The summed E-state index contributed by atoms with van der Waals surface area (Å²) in [5, 5.41) is 8.83. The fraction of sp³-hybridized carbons (Fsp3) is 0.476. The van der Waals surface area contributed by atoms with Crippen LogP contribution in [0.1, 0.15) is 25.3 Å². The summed E-state index contributed by atoms with van der Waals surface area (Å²) in [5.74, 6) is 0.785. The molecule has 1 atom stereocenters. The number of hydrogen-bond donors (Lipinski definition) is 1. The highest BCUT2D eigenvalue weighted by molar-refractivity contribution is 7.71. The number of aromatic nitrogens is 3. The molecule has 1 aliphatic rings. The van der Waals surface area contributed by atoms with Gasteiger partial charge in [0, 0.05) is 30.6 Å². The van der Waals surface area contributed by atoms with E-state index in [4.69, 9.17) is 26.8 Å². The maximum atomic E-state index is 11.8. The van der Waals surface area contributed by atoms with Crippen molar-refractivity contribution in [3.8, 4) is 5.75 Å². The van der Waals surface area contributed by atoms with Gasteiger partial charge in [-0.25, -0.2) is 9.48 Å². The number of ether oxygens (including phenoxy) is 2. The fourth-order valence-electron chi connectivity index (χ4n) is 4.10. The number of amides is 1. The number of piperidine rings is 1. The second-order valence-electron chi connectivity index (χ2n) is 7.61. The molecule has 0 spiro atoms. The van der Waals surface area contributed by atoms with Crippen LogP contribution in [0.3, 0.4) is 0 Å². The minimum absolute atomic E-state index is 0.0661. The summed E-state index contributed by atoms with van der Waals surface area (Å²) < 4.78 is 14.9. The van der Waals surface area contributed by atoms with Gasteiger partial charge in [0.25, 0.3) is 0 Å². The van der Waals surface area contributed by atoms with Crippen molar-refractivity contribution in [2.24, 2.45) is 0 Å². The number of hydrogen-bond acceptors (Lipinski definition) is 6. The van der Waals surface area contributed by atoms with Crippen molar-refractivity contribution in [1.82, 2.24) is 24.4 Å². The highest BCUT2D eigenvalue weighted by Crippen LogP contribution is 2.26. The van der Waals surface area contributed by atoms with E-state index in [0.29, 0.717) is 18.0 Å². The van der Waals surface area contributed by atoms with Gasteiger partial charge in [-0.2, -0.15) is 5.10 Å². The molecule has 0 aliphatic carbocycles. The average Bonchev–Trinajstić information content (AvgIpc) is 3.03. The molecular weight excluding hydrogens is 402 g/mol. The number of alkyl carbamates (subject to hydrolysis) is 1. The zero-order chi connectivity index (χ0) is 21.3. The number of rotatable bonds is 5. The molecule has 1 amide bonds. The van der Waals surface area contributed by atoms with Crippen LogP contribution in [0, 0.1) is 11.7 Å². The lowest BCUT2D eigenvalue weighted by Gasteiger charge is -2.32. The van der Waals surface area contributed by atoms with Crippen LogP contribution in [0.5, 0.6) is 5.75 Å². The quantitative estimate of drug-likeness (QED) is 0.626. The number of aryl methyl sites for hydroxylation is 1. The number of pyridine rings is 1. The minimum Gasteiger partial charge on any atom is -0.497 e. The topological polar surface area (TPSA) is 73.0 Å². The Labute approximate surface area is 180 Å². The smallest absolute Gasteiger partial charge is 0.407 e. The zero-order valence-electron chi connectivity index (χ0n) is 17.6. The van der Waals surface area contributed by atoms with Crippen LogP contribution in [-0.2, 0) is 11.4 Å². The lowest BCUT2D eigenvalue weighted by atomic mass is 10.1. The van der Waals surface area contributed by atoms with Gasteiger partial charge in [-0.3, -0.25) is 9.30 Å². The molecule has 0 saturated carbocycles. The number of carbonyl (C=O) groups excluding carboxylic acids is 1. The molecule has 8 nitrogen and oxygen atoms in total. The Morgan fingerprint density at radius 2 is 2.20 bits per heavy atom. The molecule has 1 saturated heterocycles. The van der Waals surface area contributed by atoms with E-state index in [1.165, 1.54) is 0 Å². The fourth-order valence-corrected chi connectivity index (χ4v) is 4.39. The highest BCUT2D eigenvalue weighted by Gasteiger charge is 2.23. The van der Waals surface area contributed by atoms with E-state index in [1.807, 2.05) is 21.2 Å². The van der Waals surface area contributed by atoms with E-state index >= 15 is 0 Å². The summed E-state index contributed by atoms with van der Waals surface area (Å²) in [6, 6.07) is 8.13. The second kappa shape index (κ2) is 8.61. The molecule has 1 N–H and O–H groups in total. The number of fused-ring (bicyclic) bond motifs is 3. The van der Waals surface area contributed by atoms with Gasteiger partial charge in [-0.1, -0.05) is 0 Å². The summed E-state index contributed by atoms with van der Waals surface area (Å²) >= 11 is 5.79. The largest absolute Gasteiger partial charge is 0.497 e. The lowest BCUT2D eigenvalue weighted by Crippen LogP contribution is -2.48. The van der Waals surface area contributed by atoms with E-state index in [0.717, 1.165) is 53.8 Å². The minimum atomic E-state index is -0.357. The number of benzene rings is 1. The van der Waals surface area contributed by atoms with Crippen molar-refractivity contribution in [1.29, 1.82) is 0 Å². The Morgan fingerprint density at radius 1 is 1.37 bits per heavy atom. The first-order valence-corrected chi connectivity index (χ1v) is 10.6. The third kappa shape index (κ3) is 3.99. The van der Waals surface area contributed by atoms with E-state index in [2.05, 4.69) is 29.3 Å². The van der Waals surface area contributed by atoms with Crippen molar-refractivity contribution in [3.05, 3.63) is 34.6 Å². The van der Waals surface area contributed by atoms with Gasteiger partial charge in [0.2, 0.25) is 4.77 Å². The van der Waals surface area contributed by atoms with E-state index in [-0.39, 0.29) is 12.1 Å². The molecule has 160 valence electrons. The van der Waals surface area contributed by atoms with Gasteiger partial charge in [0.15, 0.2) is 5.65 Å². The Hall–Kier alpha value is -2.65. The normalized spacial score (nSPS) is 17.4. The van der Waals surface area contributed by atoms with Crippen LogP contribution in [-0.4, -0.2) is 58.0 Å². The summed E-state index contributed by atoms with van der Waals surface area (Å²) in [4.78, 5) is 14.0. The summed E-state index contributed by atoms with van der Waals surface area (Å²) in [7, 11) is 1.66. The Kier molecular flexibility index (Phi) is 5.92. The van der Waals surface area contributed by atoms with Gasteiger partial charge in [-0.15, -0.1) is 0 Å². The van der Waals surface area contributed by atoms with E-state index in [1.54, 1.807) is 14.0 Å². The first kappa shape index (κ1) is 20.6. The van der Waals surface area contributed by atoms with E-state index in [9.17, 15) is 4.79 Å². The molecule has 3 aromatic rings. The van der Waals surface area contributed by atoms with Gasteiger partial charge in [0.1, 0.15) is 5.75 Å². The van der Waals surface area contributed by atoms with Crippen molar-refractivity contribution in [3.63, 3.8) is 0 Å². The Morgan fingerprint density at radius 3 is 2.97 bits per heavy atom. The maximum Gasteiger partial charge on any atom is 0.407 e. The monoisotopic (exact) mass is 429 g/mol. The van der Waals surface area contributed by atoms with Crippen molar-refractivity contribution < 1.29 is 14.3 Å². The molecule has 1 aliphatic heterocycles. The van der Waals surface area contributed by atoms with Crippen LogP contribution in [0.15, 0.2) is 24.3 Å². The maximum absolute atomic E-state index is 11.8. The summed E-state index contributed by atoms with van der Waals surface area (Å²) in [6.45, 7) is 6.50. The van der Waals surface area contributed by atoms with Gasteiger partial charge >= 0.3 is 6.09 Å². The molecule has 1 aromatic carbocycles. The van der Waals surface area contributed by atoms with Gasteiger partial charge in [-0.05, 0) is 62.7 Å². The molecule has 30 heavy (non-hydrogen) atoms. The van der Waals surface area contributed by atoms with Crippen molar-refractivity contribution >= 4 is 34.9 Å². The number of likely N-dealkylation sites (tertiary alicyclic amines) is 1. The molecule has 9 heteroatoms. The third-order valence-corrected chi connectivity index (χ3v) is 5.91. The molecule has 0 radical (unpaired) electrons. The summed E-state index contributed by atoms with van der Waals surface area (Å²) in [6.07, 6.45) is 1.58. The molecular formula is C21H27N5O3S. The Bertz CT molecular complexity index is 1140. The average molecular weight is 430 g/mol. The SMILES string of the molecule is CCOC(=O)NC1CCCN(Cn2nc3cc(C)c4ccc(OC)cc4n3c2=S)C1. The third-order valence-electron chi connectivity index (χ3n) is 5.52. The van der Waals surface area contributed by atoms with Crippen LogP contribution < -0.4 is 10.1 Å². The molecule has 2 aromatic heterocycles. The molecule has 1 unspecified atom stereocenters. The van der Waals surface area contributed by atoms with Crippen LogP contribution in [0.25, 0.3) is 16.6 Å². The van der Waals surface area contributed by atoms with E-state index < -0.39 is 0 Å². The van der Waals surface area contributed by atoms with Crippen molar-refractivity contribution in [2.45, 2.75) is 39.4 Å². The molecule has 0 bridgehead atoms.